The minimum Gasteiger partial charge on any atom is -0.419 e. The van der Waals surface area contributed by atoms with Gasteiger partial charge in [0, 0.05) is 0 Å². The van der Waals surface area contributed by atoms with E-state index in [-0.39, 0.29) is 0 Å². The molecule has 2 aromatic carbocycles. The van der Waals surface area contributed by atoms with Gasteiger partial charge in [0.15, 0.2) is 5.92 Å². The number of esters is 2. The van der Waals surface area contributed by atoms with Crippen molar-refractivity contribution in [2.24, 2.45) is 11.8 Å². The number of hydrogen-bond donors (Lipinski definition) is 0. The summed E-state index contributed by atoms with van der Waals surface area (Å²) in [6.07, 6.45) is 0. The van der Waals surface area contributed by atoms with Crippen LogP contribution in [0.3, 0.4) is 0 Å². The zero-order valence-corrected chi connectivity index (χ0v) is 15.6. The van der Waals surface area contributed by atoms with Crippen molar-refractivity contribution >= 4 is 11.9 Å². The van der Waals surface area contributed by atoms with Crippen molar-refractivity contribution in [3.05, 3.63) is 58.2 Å². The Hall–Kier alpha value is -3.32. The van der Waals surface area contributed by atoms with Crippen LogP contribution in [-0.4, -0.2) is 11.9 Å². The molecule has 14 heteroatoms. The fraction of sp³-hybridized carbons (Fsp3) is 0.222. The Morgan fingerprint density at radius 3 is 0.938 bits per heavy atom. The van der Waals surface area contributed by atoms with Crippen LogP contribution in [0.5, 0.6) is 11.5 Å². The molecular weight excluding hydrogens is 470 g/mol. The summed E-state index contributed by atoms with van der Waals surface area (Å²) in [5.74, 6) is -37.3. The first kappa shape index (κ1) is 24.9. The Balaban J connectivity index is 2.43. The van der Waals surface area contributed by atoms with E-state index in [0.717, 1.165) is 13.8 Å². The highest BCUT2D eigenvalue weighted by atomic mass is 19.2. The van der Waals surface area contributed by atoms with Gasteiger partial charge in [-0.05, 0) is 5.92 Å². The Kier molecular flexibility index (Phi) is 7.05. The van der Waals surface area contributed by atoms with Gasteiger partial charge < -0.3 is 9.47 Å². The average Bonchev–Trinajstić information content (AvgIpc) is 2.74. The third kappa shape index (κ3) is 4.21. The second-order valence-corrected chi connectivity index (χ2v) is 6.36. The Bertz CT molecular complexity index is 974. The first-order chi connectivity index (χ1) is 14.7. The fourth-order valence-electron chi connectivity index (χ4n) is 2.32. The van der Waals surface area contributed by atoms with Crippen LogP contribution < -0.4 is 9.47 Å². The third-order valence-corrected chi connectivity index (χ3v) is 3.92. The number of halogens is 10. The second-order valence-electron chi connectivity index (χ2n) is 6.36. The lowest BCUT2D eigenvalue weighted by atomic mass is 9.96. The molecule has 0 saturated carbocycles. The SMILES string of the molecule is CC(C)C(C(=O)Oc1c(F)c(F)c(F)c(F)c1F)C(=O)Oc1c(F)c(F)c(F)c(F)c1F. The molecule has 0 aliphatic heterocycles. The standard InChI is InChI=1S/C18H8F10O4/c1-3(2)4(17(29)31-15-11(25)7(21)5(19)8(22)12(15)26)18(30)32-16-13(27)9(23)6(20)10(24)14(16)28/h3-4H,1-2H3. The van der Waals surface area contributed by atoms with Crippen molar-refractivity contribution < 1.29 is 63.0 Å². The van der Waals surface area contributed by atoms with Crippen molar-refractivity contribution in [2.75, 3.05) is 0 Å². The van der Waals surface area contributed by atoms with E-state index in [1.54, 1.807) is 0 Å². The zero-order valence-electron chi connectivity index (χ0n) is 15.6. The molecule has 0 radical (unpaired) electrons. The molecular formula is C18H8F10O4. The summed E-state index contributed by atoms with van der Waals surface area (Å²) in [4.78, 5) is 24.3. The lowest BCUT2D eigenvalue weighted by Gasteiger charge is -2.19. The molecule has 0 heterocycles. The Labute approximate surface area is 171 Å². The van der Waals surface area contributed by atoms with Gasteiger partial charge in [-0.1, -0.05) is 13.8 Å². The molecule has 0 aliphatic carbocycles. The summed E-state index contributed by atoms with van der Waals surface area (Å²) in [6, 6.07) is 0. The Morgan fingerprint density at radius 2 is 0.719 bits per heavy atom. The first-order valence-corrected chi connectivity index (χ1v) is 8.18. The number of benzene rings is 2. The van der Waals surface area contributed by atoms with Crippen molar-refractivity contribution in [2.45, 2.75) is 13.8 Å². The summed E-state index contributed by atoms with van der Waals surface area (Å²) in [5.41, 5.74) is 0. The molecule has 0 fully saturated rings. The van der Waals surface area contributed by atoms with Crippen molar-refractivity contribution in [3.63, 3.8) is 0 Å². The van der Waals surface area contributed by atoms with E-state index in [0.29, 0.717) is 0 Å². The normalized spacial score (nSPS) is 11.3. The quantitative estimate of drug-likeness (QED) is 0.154. The monoisotopic (exact) mass is 478 g/mol. The van der Waals surface area contributed by atoms with Crippen LogP contribution in [0.15, 0.2) is 0 Å². The highest BCUT2D eigenvalue weighted by molar-refractivity contribution is 5.97. The maximum atomic E-state index is 13.7. The summed E-state index contributed by atoms with van der Waals surface area (Å²) in [5, 5.41) is 0. The summed E-state index contributed by atoms with van der Waals surface area (Å²) in [6.45, 7) is 2.09. The Morgan fingerprint density at radius 1 is 0.500 bits per heavy atom. The second kappa shape index (κ2) is 9.04. The predicted molar refractivity (Wildman–Crippen MR) is 82.1 cm³/mol. The van der Waals surface area contributed by atoms with Crippen LogP contribution >= 0.6 is 0 Å². The summed E-state index contributed by atoms with van der Waals surface area (Å²) < 4.78 is 142. The smallest absolute Gasteiger partial charge is 0.326 e. The highest BCUT2D eigenvalue weighted by Gasteiger charge is 2.38. The maximum absolute atomic E-state index is 13.7. The minimum absolute atomic E-state index is 1.05. The minimum atomic E-state index is -2.58. The van der Waals surface area contributed by atoms with Gasteiger partial charge in [0.05, 0.1) is 0 Å². The molecule has 0 aromatic heterocycles. The maximum Gasteiger partial charge on any atom is 0.326 e. The number of carbonyl (C=O) groups is 2. The van der Waals surface area contributed by atoms with Gasteiger partial charge in [-0.2, -0.15) is 17.6 Å². The van der Waals surface area contributed by atoms with Gasteiger partial charge in [0.2, 0.25) is 69.7 Å². The van der Waals surface area contributed by atoms with Crippen molar-refractivity contribution in [1.29, 1.82) is 0 Å². The number of carbonyl (C=O) groups excluding carboxylic acids is 2. The van der Waals surface area contributed by atoms with Gasteiger partial charge in [-0.25, -0.2) is 26.3 Å². The molecule has 0 spiro atoms. The van der Waals surface area contributed by atoms with Crippen LogP contribution in [0.2, 0.25) is 0 Å². The molecule has 0 bridgehead atoms. The van der Waals surface area contributed by atoms with Gasteiger partial charge >= 0.3 is 11.9 Å². The lowest BCUT2D eigenvalue weighted by Crippen LogP contribution is -2.36. The fourth-order valence-corrected chi connectivity index (χ4v) is 2.32. The van der Waals surface area contributed by atoms with E-state index in [2.05, 4.69) is 9.47 Å². The number of ether oxygens (including phenoxy) is 2. The molecule has 0 aliphatic rings. The van der Waals surface area contributed by atoms with E-state index in [4.69, 9.17) is 0 Å². The zero-order chi connectivity index (χ0) is 24.7. The van der Waals surface area contributed by atoms with Crippen LogP contribution in [0.1, 0.15) is 13.8 Å². The van der Waals surface area contributed by atoms with Crippen molar-refractivity contribution in [1.82, 2.24) is 0 Å². The predicted octanol–water partition coefficient (Wildman–Crippen LogP) is 4.86. The third-order valence-electron chi connectivity index (χ3n) is 3.92. The molecule has 174 valence electrons. The van der Waals surface area contributed by atoms with E-state index >= 15 is 0 Å². The molecule has 0 N–H and O–H groups in total. The topological polar surface area (TPSA) is 52.6 Å². The van der Waals surface area contributed by atoms with E-state index in [1.807, 2.05) is 0 Å². The van der Waals surface area contributed by atoms with E-state index < -0.39 is 93.4 Å². The van der Waals surface area contributed by atoms with Crippen LogP contribution in [-0.2, 0) is 9.59 Å². The number of hydrogen-bond acceptors (Lipinski definition) is 4. The molecule has 0 amide bonds. The first-order valence-electron chi connectivity index (χ1n) is 8.18. The molecule has 0 atom stereocenters. The number of rotatable bonds is 5. The van der Waals surface area contributed by atoms with Crippen molar-refractivity contribution in [3.8, 4) is 11.5 Å². The highest BCUT2D eigenvalue weighted by Crippen LogP contribution is 2.32. The van der Waals surface area contributed by atoms with E-state index in [1.165, 1.54) is 0 Å². The van der Waals surface area contributed by atoms with Crippen LogP contribution in [0.25, 0.3) is 0 Å². The molecule has 4 nitrogen and oxygen atoms in total. The molecule has 0 unspecified atom stereocenters. The summed E-state index contributed by atoms with van der Waals surface area (Å²) >= 11 is 0. The van der Waals surface area contributed by atoms with Gasteiger partial charge in [0.25, 0.3) is 0 Å². The molecule has 32 heavy (non-hydrogen) atoms. The largest absolute Gasteiger partial charge is 0.419 e. The summed E-state index contributed by atoms with van der Waals surface area (Å²) in [7, 11) is 0. The van der Waals surface area contributed by atoms with Crippen LogP contribution in [0, 0.1) is 70.0 Å². The van der Waals surface area contributed by atoms with Crippen LogP contribution in [0.4, 0.5) is 43.9 Å². The molecule has 0 saturated heterocycles. The lowest BCUT2D eigenvalue weighted by molar-refractivity contribution is -0.153. The van der Waals surface area contributed by atoms with E-state index in [9.17, 15) is 53.5 Å². The average molecular weight is 478 g/mol. The van der Waals surface area contributed by atoms with Gasteiger partial charge in [0.1, 0.15) is 0 Å². The molecule has 2 rings (SSSR count). The van der Waals surface area contributed by atoms with Gasteiger partial charge in [-0.15, -0.1) is 0 Å². The molecule has 2 aromatic rings. The van der Waals surface area contributed by atoms with Gasteiger partial charge in [-0.3, -0.25) is 9.59 Å².